The minimum absolute atomic E-state index is 0.0344. The van der Waals surface area contributed by atoms with Crippen molar-refractivity contribution < 1.29 is 44.1 Å². The highest BCUT2D eigenvalue weighted by molar-refractivity contribution is 14.1. The van der Waals surface area contributed by atoms with Crippen LogP contribution in [0.1, 0.15) is 0 Å². The zero-order valence-electron chi connectivity index (χ0n) is 10.9. The zero-order valence-corrected chi connectivity index (χ0v) is 16.9. The van der Waals surface area contributed by atoms with E-state index in [1.807, 2.05) is 0 Å². The van der Waals surface area contributed by atoms with Gasteiger partial charge in [0, 0.05) is 7.14 Å². The van der Waals surface area contributed by atoms with E-state index < -0.39 is 43.1 Å². The van der Waals surface area contributed by atoms with Crippen molar-refractivity contribution in [1.29, 1.82) is 0 Å². The van der Waals surface area contributed by atoms with E-state index in [1.54, 1.807) is 0 Å². The van der Waals surface area contributed by atoms with Crippen LogP contribution in [-0.2, 0) is 24.9 Å². The Morgan fingerprint density at radius 2 is 1.62 bits per heavy atom. The van der Waals surface area contributed by atoms with E-state index in [0.29, 0.717) is 0 Å². The number of carbonyl (C=O) groups is 1. The smallest absolute Gasteiger partial charge is 0.516 e. The molecule has 136 valence electrons. The molecule has 8 nitrogen and oxygen atoms in total. The summed E-state index contributed by atoms with van der Waals surface area (Å²) in [6.45, 7) is -1.08. The lowest BCUT2D eigenvalue weighted by Gasteiger charge is -2.14. The molecule has 1 N–H and O–H groups in total. The second kappa shape index (κ2) is 7.46. The summed E-state index contributed by atoms with van der Waals surface area (Å²) in [4.78, 5) is 10.7. The Balaban J connectivity index is 2.89. The molecule has 0 aliphatic carbocycles. The molecule has 15 heteroatoms. The van der Waals surface area contributed by atoms with Gasteiger partial charge >= 0.3 is 15.5 Å². The summed E-state index contributed by atoms with van der Waals surface area (Å²) in [5, 5.41) is 0. The van der Waals surface area contributed by atoms with Gasteiger partial charge < -0.3 is 9.29 Å². The first-order valence-electron chi connectivity index (χ1n) is 5.35. The fraction of sp³-hybridized carbons (Fsp3) is 0.222. The monoisotopic (exact) mass is 614 g/mol. The van der Waals surface area contributed by atoms with Crippen molar-refractivity contribution in [3.8, 4) is 5.75 Å². The summed E-state index contributed by atoms with van der Waals surface area (Å²) in [5.74, 6) is -1.73. The molecule has 0 saturated carbocycles. The van der Waals surface area contributed by atoms with Gasteiger partial charge in [-0.3, -0.25) is 4.79 Å². The van der Waals surface area contributed by atoms with Gasteiger partial charge in [-0.15, -0.1) is 0 Å². The SMILES string of the molecule is O=C(COc1cc(I)c(S(=O)(=O)[O-])c(I)c1)NS(=O)(=O)C(F)(F)F. The number of benzene rings is 1. The number of halogens is 5. The van der Waals surface area contributed by atoms with Crippen molar-refractivity contribution in [1.82, 2.24) is 4.72 Å². The van der Waals surface area contributed by atoms with E-state index in [0.717, 1.165) is 16.9 Å². The number of hydrogen-bond donors (Lipinski definition) is 1. The third-order valence-electron chi connectivity index (χ3n) is 2.14. The van der Waals surface area contributed by atoms with Gasteiger partial charge in [-0.2, -0.15) is 21.6 Å². The number of nitrogens with one attached hydrogen (secondary N) is 1. The average Bonchev–Trinajstić information content (AvgIpc) is 2.31. The predicted molar refractivity (Wildman–Crippen MR) is 88.5 cm³/mol. The highest BCUT2D eigenvalue weighted by Gasteiger charge is 2.47. The van der Waals surface area contributed by atoms with E-state index >= 15 is 0 Å². The molecular weight excluding hydrogens is 609 g/mol. The zero-order chi connectivity index (χ0) is 18.9. The highest BCUT2D eigenvalue weighted by atomic mass is 127. The molecule has 0 atom stereocenters. The first-order chi connectivity index (χ1) is 10.6. The summed E-state index contributed by atoms with van der Waals surface area (Å²) in [7, 11) is -10.6. The van der Waals surface area contributed by atoms with Gasteiger partial charge in [0.2, 0.25) is 0 Å². The molecule has 0 radical (unpaired) electrons. The van der Waals surface area contributed by atoms with E-state index in [1.165, 1.54) is 45.2 Å². The minimum atomic E-state index is -5.85. The minimum Gasteiger partial charge on any atom is -0.744 e. The summed E-state index contributed by atoms with van der Waals surface area (Å²) in [6, 6.07) is 2.11. The average molecular weight is 614 g/mol. The van der Waals surface area contributed by atoms with Crippen LogP contribution in [0, 0.1) is 7.14 Å². The normalized spacial score (nSPS) is 12.8. The largest absolute Gasteiger partial charge is 0.744 e. The number of carbonyl (C=O) groups excluding carboxylic acids is 1. The number of hydrogen-bond acceptors (Lipinski definition) is 7. The van der Waals surface area contributed by atoms with Gasteiger partial charge in [-0.25, -0.2) is 13.1 Å². The van der Waals surface area contributed by atoms with E-state index in [-0.39, 0.29) is 12.9 Å². The second-order valence-electron chi connectivity index (χ2n) is 3.93. The first-order valence-corrected chi connectivity index (χ1v) is 10.4. The van der Waals surface area contributed by atoms with E-state index in [2.05, 4.69) is 0 Å². The Bertz CT molecular complexity index is 845. The van der Waals surface area contributed by atoms with Crippen LogP contribution in [0.2, 0.25) is 0 Å². The molecule has 0 saturated heterocycles. The Hall–Kier alpha value is -0.400. The molecule has 0 unspecified atom stereocenters. The fourth-order valence-electron chi connectivity index (χ4n) is 1.24. The predicted octanol–water partition coefficient (Wildman–Crippen LogP) is 1.14. The maximum Gasteiger partial charge on any atom is 0.516 e. The number of sulfonamides is 1. The summed E-state index contributed by atoms with van der Waals surface area (Å²) in [5.41, 5.74) is -5.66. The Morgan fingerprint density at radius 1 is 1.17 bits per heavy atom. The maximum atomic E-state index is 12.1. The summed E-state index contributed by atoms with van der Waals surface area (Å²) in [6.07, 6.45) is 0. The molecule has 0 spiro atoms. The van der Waals surface area contributed by atoms with Crippen molar-refractivity contribution >= 4 is 71.2 Å². The third-order valence-corrected chi connectivity index (χ3v) is 6.62. The fourth-order valence-corrected chi connectivity index (χ4v) is 5.64. The number of alkyl halides is 3. The van der Waals surface area contributed by atoms with Crippen molar-refractivity contribution in [2.24, 2.45) is 0 Å². The summed E-state index contributed by atoms with van der Waals surface area (Å²) < 4.78 is 96.4. The van der Waals surface area contributed by atoms with E-state index in [4.69, 9.17) is 4.74 Å². The summed E-state index contributed by atoms with van der Waals surface area (Å²) >= 11 is 3.03. The molecule has 1 aromatic rings. The number of amides is 1. The highest BCUT2D eigenvalue weighted by Crippen LogP contribution is 2.29. The van der Waals surface area contributed by atoms with E-state index in [9.17, 15) is 39.4 Å². The lowest BCUT2D eigenvalue weighted by molar-refractivity contribution is -0.121. The van der Waals surface area contributed by atoms with Crippen LogP contribution in [0.15, 0.2) is 17.0 Å². The molecule has 0 fully saturated rings. The third kappa shape index (κ3) is 5.56. The van der Waals surface area contributed by atoms with Crippen LogP contribution >= 0.6 is 45.2 Å². The standard InChI is InChI=1S/C9H6F3I2NO7S2/c10-9(11,12)24(20,21)15-7(16)3-22-4-1-5(13)8(6(14)2-4)23(17,18)19/h1-2H,3H2,(H,15,16)(H,17,18,19)/p-1. The van der Waals surface area contributed by atoms with Crippen LogP contribution in [0.5, 0.6) is 5.75 Å². The second-order valence-corrected chi connectivity index (χ2v) is 9.25. The Kier molecular flexibility index (Phi) is 6.73. The Morgan fingerprint density at radius 3 is 2.00 bits per heavy atom. The van der Waals surface area contributed by atoms with Crippen LogP contribution in [0.25, 0.3) is 0 Å². The van der Waals surface area contributed by atoms with Crippen molar-refractivity contribution in [2.45, 2.75) is 10.4 Å². The Labute approximate surface area is 161 Å². The van der Waals surface area contributed by atoms with Gasteiger partial charge in [0.25, 0.3) is 5.91 Å². The maximum absolute atomic E-state index is 12.1. The van der Waals surface area contributed by atoms with Crippen LogP contribution in [0.3, 0.4) is 0 Å². The quantitative estimate of drug-likeness (QED) is 0.389. The first kappa shape index (κ1) is 21.6. The number of rotatable bonds is 5. The molecule has 0 aliphatic rings. The molecule has 24 heavy (non-hydrogen) atoms. The molecule has 0 heterocycles. The van der Waals surface area contributed by atoms with Gasteiger partial charge in [-0.05, 0) is 57.3 Å². The van der Waals surface area contributed by atoms with Gasteiger partial charge in [0.15, 0.2) is 6.61 Å². The van der Waals surface area contributed by atoms with Crippen molar-refractivity contribution in [2.75, 3.05) is 6.61 Å². The lowest BCUT2D eigenvalue weighted by Crippen LogP contribution is -2.42. The topological polar surface area (TPSA) is 130 Å². The van der Waals surface area contributed by atoms with Crippen molar-refractivity contribution in [3.05, 3.63) is 19.3 Å². The number of ether oxygens (including phenoxy) is 1. The molecule has 1 rings (SSSR count). The van der Waals surface area contributed by atoms with Gasteiger partial charge in [-0.1, -0.05) is 0 Å². The molecular formula is C9H5F3I2NO7S2-. The van der Waals surface area contributed by atoms with Crippen LogP contribution in [0.4, 0.5) is 13.2 Å². The molecule has 0 aromatic heterocycles. The molecule has 1 aromatic carbocycles. The van der Waals surface area contributed by atoms with Gasteiger partial charge in [0.1, 0.15) is 15.9 Å². The van der Waals surface area contributed by atoms with Crippen LogP contribution in [-0.4, -0.2) is 39.4 Å². The van der Waals surface area contributed by atoms with Crippen molar-refractivity contribution in [3.63, 3.8) is 0 Å². The lowest BCUT2D eigenvalue weighted by atomic mass is 10.3. The molecule has 0 aliphatic heterocycles. The molecule has 0 bridgehead atoms. The molecule has 1 amide bonds. The van der Waals surface area contributed by atoms with Gasteiger partial charge in [0.05, 0.1) is 4.90 Å². The van der Waals surface area contributed by atoms with Crippen LogP contribution < -0.4 is 9.46 Å².